The van der Waals surface area contributed by atoms with Gasteiger partial charge in [-0.05, 0) is 36.8 Å². The summed E-state index contributed by atoms with van der Waals surface area (Å²) in [4.78, 5) is 26.6. The molecule has 2 N–H and O–H groups in total. The average molecular weight is 367 g/mol. The molecule has 1 aliphatic heterocycles. The van der Waals surface area contributed by atoms with Gasteiger partial charge in [0, 0.05) is 24.3 Å². The Bertz CT molecular complexity index is 756. The minimum Gasteiger partial charge on any atom is -0.379 e. The van der Waals surface area contributed by atoms with Crippen LogP contribution >= 0.6 is 0 Å². The molecule has 0 saturated carbocycles. The number of nitrogens with one attached hydrogen (secondary N) is 2. The summed E-state index contributed by atoms with van der Waals surface area (Å²) in [5.41, 5.74) is 2.29. The standard InChI is InChI=1S/C21H25N3O3/c1-16(17-5-3-2-4-6-17)22-21(26)18-7-9-19(10-8-18)23-20(25)15-24-11-13-27-14-12-24/h2-10,16H,11-15H2,1H3,(H,22,26)(H,23,25). The fourth-order valence-corrected chi connectivity index (χ4v) is 2.97. The zero-order valence-electron chi connectivity index (χ0n) is 15.5. The molecule has 0 aliphatic carbocycles. The summed E-state index contributed by atoms with van der Waals surface area (Å²) in [6.45, 7) is 5.17. The highest BCUT2D eigenvalue weighted by Crippen LogP contribution is 2.14. The van der Waals surface area contributed by atoms with Crippen LogP contribution in [0.3, 0.4) is 0 Å². The molecule has 2 amide bonds. The van der Waals surface area contributed by atoms with Gasteiger partial charge in [-0.25, -0.2) is 0 Å². The van der Waals surface area contributed by atoms with Crippen LogP contribution in [0.15, 0.2) is 54.6 Å². The number of carbonyl (C=O) groups excluding carboxylic acids is 2. The van der Waals surface area contributed by atoms with E-state index in [1.807, 2.05) is 37.3 Å². The Morgan fingerprint density at radius 2 is 1.70 bits per heavy atom. The van der Waals surface area contributed by atoms with E-state index in [9.17, 15) is 9.59 Å². The van der Waals surface area contributed by atoms with Gasteiger partial charge in [0.2, 0.25) is 5.91 Å². The van der Waals surface area contributed by atoms with Gasteiger partial charge in [-0.1, -0.05) is 30.3 Å². The highest BCUT2D eigenvalue weighted by molar-refractivity contribution is 5.96. The zero-order chi connectivity index (χ0) is 19.1. The lowest BCUT2D eigenvalue weighted by molar-refractivity contribution is -0.118. The van der Waals surface area contributed by atoms with Gasteiger partial charge in [-0.15, -0.1) is 0 Å². The molecule has 3 rings (SSSR count). The second-order valence-electron chi connectivity index (χ2n) is 6.62. The smallest absolute Gasteiger partial charge is 0.251 e. The molecule has 0 aromatic heterocycles. The first-order valence-corrected chi connectivity index (χ1v) is 9.17. The molecule has 1 unspecified atom stereocenters. The van der Waals surface area contributed by atoms with Crippen molar-refractivity contribution in [1.82, 2.24) is 10.2 Å². The van der Waals surface area contributed by atoms with Gasteiger partial charge in [-0.2, -0.15) is 0 Å². The summed E-state index contributed by atoms with van der Waals surface area (Å²) in [7, 11) is 0. The van der Waals surface area contributed by atoms with E-state index >= 15 is 0 Å². The molecule has 0 radical (unpaired) electrons. The summed E-state index contributed by atoms with van der Waals surface area (Å²) in [5.74, 6) is -0.204. The van der Waals surface area contributed by atoms with Gasteiger partial charge in [0.25, 0.3) is 5.91 Å². The fraction of sp³-hybridized carbons (Fsp3) is 0.333. The van der Waals surface area contributed by atoms with Gasteiger partial charge in [0.15, 0.2) is 0 Å². The first-order valence-electron chi connectivity index (χ1n) is 9.17. The molecule has 6 heteroatoms. The van der Waals surface area contributed by atoms with Gasteiger partial charge in [0.1, 0.15) is 0 Å². The Morgan fingerprint density at radius 1 is 1.04 bits per heavy atom. The van der Waals surface area contributed by atoms with E-state index in [1.165, 1.54) is 0 Å². The minimum atomic E-state index is -0.141. The topological polar surface area (TPSA) is 70.7 Å². The van der Waals surface area contributed by atoms with Crippen LogP contribution in [0.2, 0.25) is 0 Å². The molecule has 6 nitrogen and oxygen atoms in total. The monoisotopic (exact) mass is 367 g/mol. The van der Waals surface area contributed by atoms with Crippen LogP contribution in [-0.2, 0) is 9.53 Å². The third-order valence-corrected chi connectivity index (χ3v) is 4.55. The van der Waals surface area contributed by atoms with Crippen LogP contribution in [0.1, 0.15) is 28.9 Å². The predicted molar refractivity (Wildman–Crippen MR) is 105 cm³/mol. The van der Waals surface area contributed by atoms with Crippen LogP contribution < -0.4 is 10.6 Å². The molecular formula is C21H25N3O3. The highest BCUT2D eigenvalue weighted by Gasteiger charge is 2.15. The molecule has 1 aliphatic rings. The van der Waals surface area contributed by atoms with Crippen molar-refractivity contribution in [2.75, 3.05) is 38.2 Å². The average Bonchev–Trinajstić information content (AvgIpc) is 2.70. The number of hydrogen-bond acceptors (Lipinski definition) is 4. The lowest BCUT2D eigenvalue weighted by Crippen LogP contribution is -2.41. The number of hydrogen-bond donors (Lipinski definition) is 2. The molecule has 1 heterocycles. The van der Waals surface area contributed by atoms with Crippen LogP contribution in [0.4, 0.5) is 5.69 Å². The second-order valence-corrected chi connectivity index (χ2v) is 6.62. The van der Waals surface area contributed by atoms with Gasteiger partial charge in [0.05, 0.1) is 25.8 Å². The molecule has 0 spiro atoms. The number of morpholine rings is 1. The third-order valence-electron chi connectivity index (χ3n) is 4.55. The van der Waals surface area contributed by atoms with E-state index in [1.54, 1.807) is 24.3 Å². The fourth-order valence-electron chi connectivity index (χ4n) is 2.97. The van der Waals surface area contributed by atoms with Crippen molar-refractivity contribution in [1.29, 1.82) is 0 Å². The highest BCUT2D eigenvalue weighted by atomic mass is 16.5. The summed E-state index contributed by atoms with van der Waals surface area (Å²) >= 11 is 0. The van der Waals surface area contributed by atoms with Crippen molar-refractivity contribution in [2.45, 2.75) is 13.0 Å². The number of rotatable bonds is 6. The van der Waals surface area contributed by atoms with Crippen LogP contribution in [0.25, 0.3) is 0 Å². The van der Waals surface area contributed by atoms with E-state index < -0.39 is 0 Å². The molecule has 2 aromatic rings. The van der Waals surface area contributed by atoms with Gasteiger partial charge >= 0.3 is 0 Å². The number of carbonyl (C=O) groups is 2. The molecular weight excluding hydrogens is 342 g/mol. The Kier molecular flexibility index (Phi) is 6.57. The van der Waals surface area contributed by atoms with Crippen molar-refractivity contribution in [3.8, 4) is 0 Å². The largest absolute Gasteiger partial charge is 0.379 e. The number of amides is 2. The third kappa shape index (κ3) is 5.64. The van der Waals surface area contributed by atoms with Crippen LogP contribution in [-0.4, -0.2) is 49.6 Å². The maximum absolute atomic E-state index is 12.4. The van der Waals surface area contributed by atoms with Crippen molar-refractivity contribution in [3.63, 3.8) is 0 Å². The Hall–Kier alpha value is -2.70. The Labute approximate surface area is 159 Å². The molecule has 1 atom stereocenters. The first-order chi connectivity index (χ1) is 13.1. The maximum atomic E-state index is 12.4. The van der Waals surface area contributed by atoms with Crippen LogP contribution in [0.5, 0.6) is 0 Å². The molecule has 1 saturated heterocycles. The maximum Gasteiger partial charge on any atom is 0.251 e. The van der Waals surface area contributed by atoms with E-state index in [-0.39, 0.29) is 17.9 Å². The van der Waals surface area contributed by atoms with E-state index in [4.69, 9.17) is 4.74 Å². The number of benzene rings is 2. The predicted octanol–water partition coefficient (Wildman–Crippen LogP) is 2.45. The van der Waals surface area contributed by atoms with Gasteiger partial charge in [-0.3, -0.25) is 14.5 Å². The zero-order valence-corrected chi connectivity index (χ0v) is 15.5. The van der Waals surface area contributed by atoms with Crippen molar-refractivity contribution in [3.05, 3.63) is 65.7 Å². The molecule has 142 valence electrons. The SMILES string of the molecule is CC(NC(=O)c1ccc(NC(=O)CN2CCOCC2)cc1)c1ccccc1. The quantitative estimate of drug-likeness (QED) is 0.823. The molecule has 2 aromatic carbocycles. The van der Waals surface area contributed by atoms with Gasteiger partial charge < -0.3 is 15.4 Å². The summed E-state index contributed by atoms with van der Waals surface area (Å²) < 4.78 is 5.28. The molecule has 1 fully saturated rings. The van der Waals surface area contributed by atoms with E-state index in [0.29, 0.717) is 31.0 Å². The summed E-state index contributed by atoms with van der Waals surface area (Å²) in [5, 5.41) is 5.85. The Morgan fingerprint density at radius 3 is 2.37 bits per heavy atom. The number of nitrogens with zero attached hydrogens (tertiary/aromatic N) is 1. The number of ether oxygens (including phenoxy) is 1. The molecule has 27 heavy (non-hydrogen) atoms. The lowest BCUT2D eigenvalue weighted by atomic mass is 10.1. The van der Waals surface area contributed by atoms with E-state index in [2.05, 4.69) is 15.5 Å². The van der Waals surface area contributed by atoms with Crippen molar-refractivity contribution < 1.29 is 14.3 Å². The second kappa shape index (κ2) is 9.30. The van der Waals surface area contributed by atoms with E-state index in [0.717, 1.165) is 18.7 Å². The Balaban J connectivity index is 1.51. The lowest BCUT2D eigenvalue weighted by Gasteiger charge is -2.25. The summed E-state index contributed by atoms with van der Waals surface area (Å²) in [6, 6.07) is 16.7. The first kappa shape index (κ1) is 19.1. The summed E-state index contributed by atoms with van der Waals surface area (Å²) in [6.07, 6.45) is 0. The normalized spacial score (nSPS) is 15.7. The van der Waals surface area contributed by atoms with Crippen LogP contribution in [0, 0.1) is 0 Å². The molecule has 0 bridgehead atoms. The van der Waals surface area contributed by atoms with Crippen molar-refractivity contribution >= 4 is 17.5 Å². The number of anilines is 1. The minimum absolute atomic E-state index is 0.0631. The van der Waals surface area contributed by atoms with Crippen molar-refractivity contribution in [2.24, 2.45) is 0 Å².